The Bertz CT molecular complexity index is 1250. The van der Waals surface area contributed by atoms with E-state index in [-0.39, 0.29) is 0 Å². The second-order valence-electron chi connectivity index (χ2n) is 6.60. The van der Waals surface area contributed by atoms with Crippen LogP contribution >= 0.6 is 0 Å². The first-order chi connectivity index (χ1) is 12.3. The van der Waals surface area contributed by atoms with Crippen LogP contribution in [0.25, 0.3) is 44.0 Å². The molecule has 0 bridgehead atoms. The van der Waals surface area contributed by atoms with Gasteiger partial charge < -0.3 is 4.57 Å². The molecule has 2 aromatic heterocycles. The summed E-state index contributed by atoms with van der Waals surface area (Å²) in [7, 11) is 2.12. The van der Waals surface area contributed by atoms with Gasteiger partial charge in [0.15, 0.2) is 0 Å². The van der Waals surface area contributed by atoms with E-state index in [9.17, 15) is 0 Å². The topological polar surface area (TPSA) is 17.8 Å². The van der Waals surface area contributed by atoms with E-state index in [1.807, 2.05) is 0 Å². The van der Waals surface area contributed by atoms with Crippen molar-refractivity contribution in [2.45, 2.75) is 6.92 Å². The third kappa shape index (κ3) is 1.94. The van der Waals surface area contributed by atoms with Crippen molar-refractivity contribution < 1.29 is 0 Å². The highest BCUT2D eigenvalue weighted by atomic mass is 15.0. The molecule has 0 atom stereocenters. The lowest BCUT2D eigenvalue weighted by Gasteiger charge is -2.09. The first-order valence-electron chi connectivity index (χ1n) is 8.57. The van der Waals surface area contributed by atoms with Gasteiger partial charge in [-0.2, -0.15) is 0 Å². The van der Waals surface area contributed by atoms with Gasteiger partial charge in [-0.1, -0.05) is 66.7 Å². The number of rotatable bonds is 1. The molecule has 0 aliphatic rings. The van der Waals surface area contributed by atoms with E-state index < -0.39 is 0 Å². The number of para-hydroxylation sites is 2. The summed E-state index contributed by atoms with van der Waals surface area (Å²) in [6.07, 6.45) is 0. The Morgan fingerprint density at radius 2 is 1.48 bits per heavy atom. The highest BCUT2D eigenvalue weighted by Crippen LogP contribution is 2.40. The van der Waals surface area contributed by atoms with E-state index in [1.54, 1.807) is 0 Å². The lowest BCUT2D eigenvalue weighted by atomic mass is 9.96. The van der Waals surface area contributed by atoms with Crippen LogP contribution in [0, 0.1) is 6.92 Å². The number of benzene rings is 3. The fourth-order valence-electron chi connectivity index (χ4n) is 4.01. The number of aryl methyl sites for hydroxylation is 2. The van der Waals surface area contributed by atoms with Crippen molar-refractivity contribution in [3.63, 3.8) is 0 Å². The van der Waals surface area contributed by atoms with Crippen LogP contribution in [0.4, 0.5) is 0 Å². The Labute approximate surface area is 146 Å². The van der Waals surface area contributed by atoms with Crippen LogP contribution in [0.15, 0.2) is 72.8 Å². The molecule has 0 spiro atoms. The maximum atomic E-state index is 5.00. The van der Waals surface area contributed by atoms with Gasteiger partial charge in [0, 0.05) is 28.8 Å². The van der Waals surface area contributed by atoms with Crippen LogP contribution in [0.2, 0.25) is 0 Å². The minimum absolute atomic E-state index is 1.04. The summed E-state index contributed by atoms with van der Waals surface area (Å²) in [6, 6.07) is 25.6. The molecule has 0 radical (unpaired) electrons. The first kappa shape index (κ1) is 14.2. The van der Waals surface area contributed by atoms with Crippen molar-refractivity contribution in [2.75, 3.05) is 0 Å². The fourth-order valence-corrected chi connectivity index (χ4v) is 4.01. The summed E-state index contributed by atoms with van der Waals surface area (Å²) in [5.74, 6) is 0. The Kier molecular flexibility index (Phi) is 2.95. The van der Waals surface area contributed by atoms with E-state index in [4.69, 9.17) is 4.98 Å². The molecule has 5 rings (SSSR count). The second kappa shape index (κ2) is 5.18. The lowest BCUT2D eigenvalue weighted by Crippen LogP contribution is -1.93. The average molecular weight is 322 g/mol. The highest BCUT2D eigenvalue weighted by Gasteiger charge is 2.18. The van der Waals surface area contributed by atoms with Crippen LogP contribution < -0.4 is 0 Å². The molecule has 0 saturated carbocycles. The Morgan fingerprint density at radius 1 is 0.760 bits per heavy atom. The van der Waals surface area contributed by atoms with Gasteiger partial charge in [-0.05, 0) is 24.1 Å². The molecular weight excluding hydrogens is 304 g/mol. The molecule has 0 unspecified atom stereocenters. The van der Waals surface area contributed by atoms with E-state index in [0.29, 0.717) is 0 Å². The zero-order valence-electron chi connectivity index (χ0n) is 14.3. The van der Waals surface area contributed by atoms with Crippen molar-refractivity contribution in [2.24, 2.45) is 7.05 Å². The van der Waals surface area contributed by atoms with Crippen LogP contribution in [-0.4, -0.2) is 9.55 Å². The van der Waals surface area contributed by atoms with Crippen LogP contribution in [0.5, 0.6) is 0 Å². The first-order valence-corrected chi connectivity index (χ1v) is 8.57. The zero-order valence-corrected chi connectivity index (χ0v) is 14.3. The summed E-state index contributed by atoms with van der Waals surface area (Å²) in [6.45, 7) is 2.17. The summed E-state index contributed by atoms with van der Waals surface area (Å²) < 4.78 is 2.24. The van der Waals surface area contributed by atoms with Gasteiger partial charge in [-0.25, -0.2) is 4.98 Å². The molecule has 0 saturated heterocycles. The number of fused-ring (bicyclic) bond motifs is 4. The molecule has 3 aromatic carbocycles. The molecule has 5 aromatic rings. The van der Waals surface area contributed by atoms with E-state index in [1.165, 1.54) is 38.4 Å². The second-order valence-corrected chi connectivity index (χ2v) is 6.60. The van der Waals surface area contributed by atoms with Crippen LogP contribution in [-0.2, 0) is 7.05 Å². The number of hydrogen-bond donors (Lipinski definition) is 0. The van der Waals surface area contributed by atoms with E-state index in [2.05, 4.69) is 91.3 Å². The molecule has 0 N–H and O–H groups in total. The van der Waals surface area contributed by atoms with Crippen molar-refractivity contribution in [1.82, 2.24) is 9.55 Å². The van der Waals surface area contributed by atoms with E-state index >= 15 is 0 Å². The van der Waals surface area contributed by atoms with Gasteiger partial charge in [0.2, 0.25) is 0 Å². The number of nitrogens with zero attached hydrogens (tertiary/aromatic N) is 2. The third-order valence-corrected chi connectivity index (χ3v) is 5.10. The number of aromatic nitrogens is 2. The lowest BCUT2D eigenvalue weighted by molar-refractivity contribution is 0.989. The molecule has 0 fully saturated rings. The molecule has 0 amide bonds. The smallest absolute Gasteiger partial charge is 0.142 e. The standard InChI is InChI=1S/C23H18N2/c1-15-9-8-13-18-21-20(16-10-4-3-5-11-16)17-12-6-7-14-19(17)24-23(21)25(2)22(15)18/h3-14H,1-2H3. The van der Waals surface area contributed by atoms with Crippen molar-refractivity contribution in [3.05, 3.63) is 78.4 Å². The SMILES string of the molecule is Cc1cccc2c3c(-c4ccccc4)c4ccccc4nc3n(C)c12. The number of pyridine rings is 1. The third-order valence-electron chi connectivity index (χ3n) is 5.10. The molecule has 0 aliphatic heterocycles. The molecule has 2 nitrogen and oxygen atoms in total. The van der Waals surface area contributed by atoms with Gasteiger partial charge in [0.1, 0.15) is 5.65 Å². The van der Waals surface area contributed by atoms with Gasteiger partial charge in [-0.3, -0.25) is 0 Å². The van der Waals surface area contributed by atoms with Gasteiger partial charge in [-0.15, -0.1) is 0 Å². The summed E-state index contributed by atoms with van der Waals surface area (Å²) in [5, 5.41) is 3.72. The average Bonchev–Trinajstić information content (AvgIpc) is 2.94. The normalized spacial score (nSPS) is 11.6. The molecule has 120 valence electrons. The largest absolute Gasteiger partial charge is 0.328 e. The highest BCUT2D eigenvalue weighted by molar-refractivity contribution is 6.20. The maximum absolute atomic E-state index is 5.00. The molecule has 25 heavy (non-hydrogen) atoms. The van der Waals surface area contributed by atoms with Crippen molar-refractivity contribution >= 4 is 32.8 Å². The minimum Gasteiger partial charge on any atom is -0.328 e. The predicted molar refractivity (Wildman–Crippen MR) is 106 cm³/mol. The molecule has 2 heterocycles. The van der Waals surface area contributed by atoms with Gasteiger partial charge in [0.05, 0.1) is 11.0 Å². The fraction of sp³-hybridized carbons (Fsp3) is 0.0870. The Hall–Kier alpha value is -3.13. The monoisotopic (exact) mass is 322 g/mol. The van der Waals surface area contributed by atoms with Crippen molar-refractivity contribution in [1.29, 1.82) is 0 Å². The van der Waals surface area contributed by atoms with Crippen molar-refractivity contribution in [3.8, 4) is 11.1 Å². The van der Waals surface area contributed by atoms with Gasteiger partial charge >= 0.3 is 0 Å². The number of hydrogen-bond acceptors (Lipinski definition) is 1. The van der Waals surface area contributed by atoms with E-state index in [0.717, 1.165) is 11.2 Å². The Morgan fingerprint density at radius 3 is 2.32 bits per heavy atom. The molecule has 2 heteroatoms. The zero-order chi connectivity index (χ0) is 17.0. The molecular formula is C23H18N2. The predicted octanol–water partition coefficient (Wildman–Crippen LogP) is 5.86. The van der Waals surface area contributed by atoms with Gasteiger partial charge in [0.25, 0.3) is 0 Å². The minimum atomic E-state index is 1.04. The Balaban J connectivity index is 2.12. The maximum Gasteiger partial charge on any atom is 0.142 e. The summed E-state index contributed by atoms with van der Waals surface area (Å²) in [5.41, 5.74) is 7.13. The summed E-state index contributed by atoms with van der Waals surface area (Å²) >= 11 is 0. The van der Waals surface area contributed by atoms with Crippen LogP contribution in [0.1, 0.15) is 5.56 Å². The molecule has 0 aliphatic carbocycles. The quantitative estimate of drug-likeness (QED) is 0.378. The summed E-state index contributed by atoms with van der Waals surface area (Å²) in [4.78, 5) is 5.00. The van der Waals surface area contributed by atoms with Crippen LogP contribution in [0.3, 0.4) is 0 Å².